The van der Waals surface area contributed by atoms with Crippen LogP contribution in [0.15, 0.2) is 12.2 Å². The summed E-state index contributed by atoms with van der Waals surface area (Å²) < 4.78 is 0. The lowest BCUT2D eigenvalue weighted by molar-refractivity contribution is 0.347. The van der Waals surface area contributed by atoms with Gasteiger partial charge in [0.15, 0.2) is 0 Å². The number of nitrogens with one attached hydrogen (secondary N) is 1. The van der Waals surface area contributed by atoms with Crippen LogP contribution < -0.4 is 5.32 Å². The summed E-state index contributed by atoms with van der Waals surface area (Å²) >= 11 is 0. The fourth-order valence-electron chi connectivity index (χ4n) is 1.78. The number of allylic oxidation sites excluding steroid dienone is 2. The van der Waals surface area contributed by atoms with Gasteiger partial charge in [-0.2, -0.15) is 0 Å². The van der Waals surface area contributed by atoms with Gasteiger partial charge in [0.1, 0.15) is 0 Å². The zero-order valence-electron chi connectivity index (χ0n) is 9.63. The summed E-state index contributed by atoms with van der Waals surface area (Å²) in [6, 6.07) is 0. The smallest absolute Gasteiger partial charge is 0.0104 e. The molecule has 0 amide bonds. The molecule has 0 fully saturated rings. The molecule has 0 bridgehead atoms. The molecule has 0 aromatic heterocycles. The molecule has 1 N–H and O–H groups in total. The average molecular weight is 196 g/mol. The average Bonchev–Trinajstić information content (AvgIpc) is 2.69. The van der Waals surface area contributed by atoms with Crippen LogP contribution in [0.4, 0.5) is 0 Å². The van der Waals surface area contributed by atoms with Crippen molar-refractivity contribution in [3.63, 3.8) is 0 Å². The highest BCUT2D eigenvalue weighted by atomic mass is 15.1. The summed E-state index contributed by atoms with van der Waals surface area (Å²) in [4.78, 5) is 2.34. The van der Waals surface area contributed by atoms with Gasteiger partial charge >= 0.3 is 0 Å². The minimum absolute atomic E-state index is 0.853. The molecule has 1 aliphatic carbocycles. The predicted molar refractivity (Wildman–Crippen MR) is 62.5 cm³/mol. The van der Waals surface area contributed by atoms with Crippen molar-refractivity contribution in [3.8, 4) is 0 Å². The summed E-state index contributed by atoms with van der Waals surface area (Å²) in [5, 5.41) is 3.50. The number of rotatable bonds is 7. The van der Waals surface area contributed by atoms with Crippen LogP contribution in [0.2, 0.25) is 0 Å². The second kappa shape index (κ2) is 7.02. The normalized spacial score (nSPS) is 20.9. The standard InChI is InChI=1S/C12H24N2/c1-3-14(2)11-10-13-9-8-12-6-4-5-7-12/h4,6,12-13H,3,5,7-11H2,1-2H3. The molecule has 82 valence electrons. The van der Waals surface area contributed by atoms with Crippen molar-refractivity contribution >= 4 is 0 Å². The third kappa shape index (κ3) is 4.77. The molecule has 0 spiro atoms. The molecule has 0 aliphatic heterocycles. The van der Waals surface area contributed by atoms with E-state index in [0.717, 1.165) is 25.6 Å². The van der Waals surface area contributed by atoms with Crippen LogP contribution in [0.5, 0.6) is 0 Å². The first-order valence-electron chi connectivity index (χ1n) is 5.89. The highest BCUT2D eigenvalue weighted by Crippen LogP contribution is 2.19. The van der Waals surface area contributed by atoms with Crippen molar-refractivity contribution in [1.29, 1.82) is 0 Å². The second-order valence-corrected chi connectivity index (χ2v) is 4.20. The molecule has 1 aliphatic rings. The van der Waals surface area contributed by atoms with Gasteiger partial charge in [-0.3, -0.25) is 0 Å². The lowest BCUT2D eigenvalue weighted by atomic mass is 10.1. The van der Waals surface area contributed by atoms with Crippen molar-refractivity contribution in [3.05, 3.63) is 12.2 Å². The van der Waals surface area contributed by atoms with Crippen LogP contribution in [0.3, 0.4) is 0 Å². The zero-order valence-corrected chi connectivity index (χ0v) is 9.63. The maximum Gasteiger partial charge on any atom is 0.0104 e. The molecule has 2 nitrogen and oxygen atoms in total. The van der Waals surface area contributed by atoms with E-state index in [9.17, 15) is 0 Å². The van der Waals surface area contributed by atoms with Gasteiger partial charge < -0.3 is 10.2 Å². The molecular formula is C12H24N2. The van der Waals surface area contributed by atoms with E-state index in [1.54, 1.807) is 0 Å². The SMILES string of the molecule is CCN(C)CCNCCC1C=CCC1. The van der Waals surface area contributed by atoms with Gasteiger partial charge in [0.2, 0.25) is 0 Å². The molecule has 0 heterocycles. The minimum atomic E-state index is 0.853. The second-order valence-electron chi connectivity index (χ2n) is 4.20. The van der Waals surface area contributed by atoms with Crippen molar-refractivity contribution in [2.24, 2.45) is 5.92 Å². The molecule has 1 rings (SSSR count). The highest BCUT2D eigenvalue weighted by Gasteiger charge is 2.07. The summed E-state index contributed by atoms with van der Waals surface area (Å²) in [5.41, 5.74) is 0. The van der Waals surface area contributed by atoms with E-state index in [1.807, 2.05) is 0 Å². The number of hydrogen-bond acceptors (Lipinski definition) is 2. The Hall–Kier alpha value is -0.340. The van der Waals surface area contributed by atoms with Gasteiger partial charge in [0.05, 0.1) is 0 Å². The van der Waals surface area contributed by atoms with Crippen molar-refractivity contribution in [2.75, 3.05) is 33.2 Å². The molecule has 0 aromatic rings. The fraction of sp³-hybridized carbons (Fsp3) is 0.833. The minimum Gasteiger partial charge on any atom is -0.315 e. The zero-order chi connectivity index (χ0) is 10.2. The first-order valence-corrected chi connectivity index (χ1v) is 5.89. The van der Waals surface area contributed by atoms with E-state index in [4.69, 9.17) is 0 Å². The largest absolute Gasteiger partial charge is 0.315 e. The van der Waals surface area contributed by atoms with Crippen LogP contribution in [-0.4, -0.2) is 38.1 Å². The summed E-state index contributed by atoms with van der Waals surface area (Å²) in [6.07, 6.45) is 8.67. The third-order valence-corrected chi connectivity index (χ3v) is 3.01. The Labute approximate surface area is 88.4 Å². The Bertz CT molecular complexity index is 166. The van der Waals surface area contributed by atoms with Gasteiger partial charge in [-0.05, 0) is 45.3 Å². The molecule has 0 aromatic carbocycles. The lowest BCUT2D eigenvalue weighted by Crippen LogP contribution is -2.30. The predicted octanol–water partition coefficient (Wildman–Crippen LogP) is 1.88. The van der Waals surface area contributed by atoms with Crippen molar-refractivity contribution in [2.45, 2.75) is 26.2 Å². The molecule has 0 saturated carbocycles. The Kier molecular flexibility index (Phi) is 5.88. The Morgan fingerprint density at radius 1 is 1.43 bits per heavy atom. The van der Waals surface area contributed by atoms with Gasteiger partial charge in [-0.25, -0.2) is 0 Å². The number of nitrogens with zero attached hydrogens (tertiary/aromatic N) is 1. The van der Waals surface area contributed by atoms with E-state index >= 15 is 0 Å². The van der Waals surface area contributed by atoms with Crippen LogP contribution in [-0.2, 0) is 0 Å². The van der Waals surface area contributed by atoms with Crippen LogP contribution >= 0.6 is 0 Å². The molecule has 2 heteroatoms. The first-order chi connectivity index (χ1) is 6.83. The lowest BCUT2D eigenvalue weighted by Gasteiger charge is -2.14. The Balaban J connectivity index is 1.86. The Morgan fingerprint density at radius 2 is 2.29 bits per heavy atom. The number of likely N-dealkylation sites (N-methyl/N-ethyl adjacent to an activating group) is 1. The van der Waals surface area contributed by atoms with Crippen LogP contribution in [0, 0.1) is 5.92 Å². The molecule has 0 saturated heterocycles. The summed E-state index contributed by atoms with van der Waals surface area (Å²) in [6.45, 7) is 6.81. The number of hydrogen-bond donors (Lipinski definition) is 1. The van der Waals surface area contributed by atoms with E-state index in [1.165, 1.54) is 25.8 Å². The molecule has 1 atom stereocenters. The molecule has 14 heavy (non-hydrogen) atoms. The van der Waals surface area contributed by atoms with Crippen LogP contribution in [0.1, 0.15) is 26.2 Å². The van der Waals surface area contributed by atoms with Gasteiger partial charge in [-0.15, -0.1) is 0 Å². The van der Waals surface area contributed by atoms with Gasteiger partial charge in [-0.1, -0.05) is 19.1 Å². The van der Waals surface area contributed by atoms with E-state index in [2.05, 4.69) is 36.3 Å². The maximum absolute atomic E-state index is 3.50. The molecule has 1 unspecified atom stereocenters. The summed E-state index contributed by atoms with van der Waals surface area (Å²) in [7, 11) is 2.17. The van der Waals surface area contributed by atoms with E-state index in [-0.39, 0.29) is 0 Å². The van der Waals surface area contributed by atoms with Gasteiger partial charge in [0, 0.05) is 13.1 Å². The van der Waals surface area contributed by atoms with Crippen molar-refractivity contribution in [1.82, 2.24) is 10.2 Å². The molecular weight excluding hydrogens is 172 g/mol. The maximum atomic E-state index is 3.50. The van der Waals surface area contributed by atoms with Crippen LogP contribution in [0.25, 0.3) is 0 Å². The van der Waals surface area contributed by atoms with Crippen molar-refractivity contribution < 1.29 is 0 Å². The third-order valence-electron chi connectivity index (χ3n) is 3.01. The van der Waals surface area contributed by atoms with E-state index < -0.39 is 0 Å². The van der Waals surface area contributed by atoms with E-state index in [0.29, 0.717) is 0 Å². The monoisotopic (exact) mass is 196 g/mol. The Morgan fingerprint density at radius 3 is 2.93 bits per heavy atom. The topological polar surface area (TPSA) is 15.3 Å². The quantitative estimate of drug-likeness (QED) is 0.494. The van der Waals surface area contributed by atoms with Gasteiger partial charge in [0.25, 0.3) is 0 Å². The molecule has 0 radical (unpaired) electrons. The summed E-state index contributed by atoms with van der Waals surface area (Å²) in [5.74, 6) is 0.853. The fourth-order valence-corrected chi connectivity index (χ4v) is 1.78. The first kappa shape index (κ1) is 11.7. The highest BCUT2D eigenvalue weighted by molar-refractivity contribution is 4.95.